The van der Waals surface area contributed by atoms with Gasteiger partial charge in [0.2, 0.25) is 5.56 Å². The van der Waals surface area contributed by atoms with E-state index in [-0.39, 0.29) is 11.5 Å². The molecule has 0 aromatic carbocycles. The Balaban J connectivity index is 2.13. The van der Waals surface area contributed by atoms with Gasteiger partial charge in [0.25, 0.3) is 5.91 Å². The number of hydrogen-bond acceptors (Lipinski definition) is 3. The third kappa shape index (κ3) is 2.79. The topological polar surface area (TPSA) is 79.2 Å². The maximum Gasteiger partial charge on any atom is 0.254 e. The molecule has 1 aliphatic rings. The molecule has 1 amide bonds. The number of pyridine rings is 1. The van der Waals surface area contributed by atoms with Crippen molar-refractivity contribution in [1.29, 1.82) is 0 Å². The molecule has 0 radical (unpaired) electrons. The predicted octanol–water partition coefficient (Wildman–Crippen LogP) is 0.718. The number of rotatable bonds is 5. The van der Waals surface area contributed by atoms with Gasteiger partial charge in [-0.1, -0.05) is 0 Å². The van der Waals surface area contributed by atoms with Crippen molar-refractivity contribution < 1.29 is 4.79 Å². The van der Waals surface area contributed by atoms with Crippen LogP contribution >= 0.6 is 0 Å². The Morgan fingerprint density at radius 1 is 1.50 bits per heavy atom. The van der Waals surface area contributed by atoms with Crippen LogP contribution in [0.1, 0.15) is 36.0 Å². The van der Waals surface area contributed by atoms with E-state index in [2.05, 4.69) is 4.98 Å². The maximum absolute atomic E-state index is 12.4. The SMILES string of the molecule is NCCCN(C(=O)c1cc[nH]c(=O)c1)C1CCC1. The molecule has 0 saturated heterocycles. The monoisotopic (exact) mass is 249 g/mol. The first-order valence-electron chi connectivity index (χ1n) is 6.42. The molecular weight excluding hydrogens is 230 g/mol. The second-order valence-corrected chi connectivity index (χ2v) is 4.67. The Morgan fingerprint density at radius 3 is 2.83 bits per heavy atom. The first-order chi connectivity index (χ1) is 8.72. The average Bonchev–Trinajstić information content (AvgIpc) is 2.31. The van der Waals surface area contributed by atoms with E-state index >= 15 is 0 Å². The van der Waals surface area contributed by atoms with Crippen LogP contribution in [0.5, 0.6) is 0 Å². The van der Waals surface area contributed by atoms with Gasteiger partial charge in [-0.05, 0) is 38.3 Å². The summed E-state index contributed by atoms with van der Waals surface area (Å²) in [5, 5.41) is 0. The fraction of sp³-hybridized carbons (Fsp3) is 0.538. The van der Waals surface area contributed by atoms with Crippen molar-refractivity contribution in [2.75, 3.05) is 13.1 Å². The number of H-pyrrole nitrogens is 1. The quantitative estimate of drug-likeness (QED) is 0.807. The van der Waals surface area contributed by atoms with E-state index in [0.717, 1.165) is 19.3 Å². The summed E-state index contributed by atoms with van der Waals surface area (Å²) in [6.07, 6.45) is 5.59. The summed E-state index contributed by atoms with van der Waals surface area (Å²) < 4.78 is 0. The number of nitrogens with one attached hydrogen (secondary N) is 1. The highest BCUT2D eigenvalue weighted by atomic mass is 16.2. The maximum atomic E-state index is 12.4. The van der Waals surface area contributed by atoms with E-state index in [1.165, 1.54) is 18.7 Å². The second kappa shape index (κ2) is 5.82. The number of aromatic nitrogens is 1. The summed E-state index contributed by atoms with van der Waals surface area (Å²) in [7, 11) is 0. The molecule has 2 rings (SSSR count). The molecule has 1 fully saturated rings. The van der Waals surface area contributed by atoms with Gasteiger partial charge in [-0.3, -0.25) is 9.59 Å². The number of nitrogens with zero attached hydrogens (tertiary/aromatic N) is 1. The number of aromatic amines is 1. The van der Waals surface area contributed by atoms with Crippen LogP contribution in [-0.2, 0) is 0 Å². The Labute approximate surface area is 106 Å². The molecule has 5 nitrogen and oxygen atoms in total. The average molecular weight is 249 g/mol. The molecule has 1 saturated carbocycles. The minimum Gasteiger partial charge on any atom is -0.336 e. The van der Waals surface area contributed by atoms with Crippen LogP contribution in [0.2, 0.25) is 0 Å². The molecule has 18 heavy (non-hydrogen) atoms. The number of carbonyl (C=O) groups is 1. The van der Waals surface area contributed by atoms with Crippen LogP contribution in [-0.4, -0.2) is 34.9 Å². The highest BCUT2D eigenvalue weighted by molar-refractivity contribution is 5.94. The summed E-state index contributed by atoms with van der Waals surface area (Å²) in [5.74, 6) is -0.0562. The summed E-state index contributed by atoms with van der Waals surface area (Å²) in [5.41, 5.74) is 5.72. The van der Waals surface area contributed by atoms with Crippen LogP contribution < -0.4 is 11.3 Å². The summed E-state index contributed by atoms with van der Waals surface area (Å²) >= 11 is 0. The zero-order valence-electron chi connectivity index (χ0n) is 10.4. The lowest BCUT2D eigenvalue weighted by Gasteiger charge is -2.37. The number of nitrogens with two attached hydrogens (primary N) is 1. The van der Waals surface area contributed by atoms with Crippen molar-refractivity contribution in [3.05, 3.63) is 34.2 Å². The Kier molecular flexibility index (Phi) is 4.15. The summed E-state index contributed by atoms with van der Waals surface area (Å²) in [6, 6.07) is 3.33. The molecular formula is C13H19N3O2. The number of amides is 1. The fourth-order valence-electron chi connectivity index (χ4n) is 2.15. The minimum absolute atomic E-state index is 0.0562. The normalized spacial score (nSPS) is 15.2. The lowest BCUT2D eigenvalue weighted by atomic mass is 9.91. The van der Waals surface area contributed by atoms with Crippen LogP contribution in [0.15, 0.2) is 23.1 Å². The predicted molar refractivity (Wildman–Crippen MR) is 69.4 cm³/mol. The van der Waals surface area contributed by atoms with Crippen molar-refractivity contribution in [3.8, 4) is 0 Å². The number of hydrogen-bond donors (Lipinski definition) is 2. The van der Waals surface area contributed by atoms with Crippen molar-refractivity contribution in [2.24, 2.45) is 5.73 Å². The fourth-order valence-corrected chi connectivity index (χ4v) is 2.15. The molecule has 1 heterocycles. The van der Waals surface area contributed by atoms with Crippen LogP contribution in [0, 0.1) is 0 Å². The molecule has 5 heteroatoms. The highest BCUT2D eigenvalue weighted by Gasteiger charge is 2.28. The summed E-state index contributed by atoms with van der Waals surface area (Å²) in [6.45, 7) is 1.25. The van der Waals surface area contributed by atoms with E-state index in [4.69, 9.17) is 5.73 Å². The molecule has 0 unspecified atom stereocenters. The molecule has 0 atom stereocenters. The van der Waals surface area contributed by atoms with Gasteiger partial charge in [0.05, 0.1) is 0 Å². The Bertz CT molecular complexity index is 465. The highest BCUT2D eigenvalue weighted by Crippen LogP contribution is 2.26. The molecule has 0 bridgehead atoms. The third-order valence-electron chi connectivity index (χ3n) is 3.40. The van der Waals surface area contributed by atoms with Crippen molar-refractivity contribution >= 4 is 5.91 Å². The zero-order valence-corrected chi connectivity index (χ0v) is 10.4. The van der Waals surface area contributed by atoms with Crippen molar-refractivity contribution in [1.82, 2.24) is 9.88 Å². The van der Waals surface area contributed by atoms with Gasteiger partial charge >= 0.3 is 0 Å². The Hall–Kier alpha value is -1.62. The van der Waals surface area contributed by atoms with E-state index in [1.54, 1.807) is 6.07 Å². The lowest BCUT2D eigenvalue weighted by Crippen LogP contribution is -2.45. The molecule has 98 valence electrons. The zero-order chi connectivity index (χ0) is 13.0. The van der Waals surface area contributed by atoms with Crippen LogP contribution in [0.4, 0.5) is 0 Å². The standard InChI is InChI=1S/C13H19N3O2/c14-6-2-8-16(11-3-1-4-11)13(18)10-5-7-15-12(17)9-10/h5,7,9,11H,1-4,6,8,14H2,(H,15,17). The molecule has 0 spiro atoms. The number of carbonyl (C=O) groups excluding carboxylic acids is 1. The Morgan fingerprint density at radius 2 is 2.28 bits per heavy atom. The molecule has 0 aliphatic heterocycles. The van der Waals surface area contributed by atoms with Gasteiger partial charge in [-0.15, -0.1) is 0 Å². The largest absolute Gasteiger partial charge is 0.336 e. The molecule has 1 aliphatic carbocycles. The van der Waals surface area contributed by atoms with E-state index in [0.29, 0.717) is 24.7 Å². The van der Waals surface area contributed by atoms with Crippen molar-refractivity contribution in [3.63, 3.8) is 0 Å². The lowest BCUT2D eigenvalue weighted by molar-refractivity contribution is 0.0578. The minimum atomic E-state index is -0.242. The van der Waals surface area contributed by atoms with Gasteiger partial charge in [-0.2, -0.15) is 0 Å². The van der Waals surface area contributed by atoms with Crippen LogP contribution in [0.3, 0.4) is 0 Å². The van der Waals surface area contributed by atoms with Gasteiger partial charge in [-0.25, -0.2) is 0 Å². The van der Waals surface area contributed by atoms with Crippen molar-refractivity contribution in [2.45, 2.75) is 31.7 Å². The molecule has 1 aromatic heterocycles. The van der Waals surface area contributed by atoms with Gasteiger partial charge in [0, 0.05) is 30.4 Å². The molecule has 1 aromatic rings. The van der Waals surface area contributed by atoms with Gasteiger partial charge in [0.15, 0.2) is 0 Å². The second-order valence-electron chi connectivity index (χ2n) is 4.67. The van der Waals surface area contributed by atoms with E-state index in [1.807, 2.05) is 4.90 Å². The molecule has 3 N–H and O–H groups in total. The van der Waals surface area contributed by atoms with Crippen LogP contribution in [0.25, 0.3) is 0 Å². The smallest absolute Gasteiger partial charge is 0.254 e. The third-order valence-corrected chi connectivity index (χ3v) is 3.40. The van der Waals surface area contributed by atoms with Gasteiger partial charge in [0.1, 0.15) is 0 Å². The van der Waals surface area contributed by atoms with Gasteiger partial charge < -0.3 is 15.6 Å². The first-order valence-corrected chi connectivity index (χ1v) is 6.42. The first kappa shape index (κ1) is 12.8. The van der Waals surface area contributed by atoms with E-state index in [9.17, 15) is 9.59 Å². The summed E-state index contributed by atoms with van der Waals surface area (Å²) in [4.78, 5) is 28.0. The van der Waals surface area contributed by atoms with E-state index < -0.39 is 0 Å².